The molecule has 0 atom stereocenters. The van der Waals surface area contributed by atoms with Crippen LogP contribution in [0.25, 0.3) is 11.1 Å². The number of benzene rings is 1. The summed E-state index contributed by atoms with van der Waals surface area (Å²) in [6.07, 6.45) is 21.5. The molecule has 1 rings (SSSR count). The number of allylic oxidation sites excluding steroid dienone is 4. The fourth-order valence-corrected chi connectivity index (χ4v) is 1.78. The molecule has 0 aliphatic rings. The summed E-state index contributed by atoms with van der Waals surface area (Å²) in [4.78, 5) is 0. The molecule has 1 aromatic rings. The number of rotatable bonds is 2. The van der Waals surface area contributed by atoms with Gasteiger partial charge in [0.2, 0.25) is 0 Å². The van der Waals surface area contributed by atoms with Crippen LogP contribution in [0.3, 0.4) is 0 Å². The molecule has 20 heavy (non-hydrogen) atoms. The molecule has 0 amide bonds. The van der Waals surface area contributed by atoms with Gasteiger partial charge in [-0.25, -0.2) is 0 Å². The second-order valence-electron chi connectivity index (χ2n) is 4.15. The summed E-state index contributed by atoms with van der Waals surface area (Å²) in [5, 5.41) is 0. The molecule has 0 aliphatic carbocycles. The lowest BCUT2D eigenvalue weighted by Crippen LogP contribution is -1.88. The Kier molecular flexibility index (Phi) is 5.07. The summed E-state index contributed by atoms with van der Waals surface area (Å²) in [5.74, 6) is 10.0. The van der Waals surface area contributed by atoms with Gasteiger partial charge in [-0.2, -0.15) is 0 Å². The van der Waals surface area contributed by atoms with Gasteiger partial charge in [-0.3, -0.25) is 0 Å². The molecular weight excluding hydrogens is 240 g/mol. The minimum atomic E-state index is 0.554. The van der Waals surface area contributed by atoms with Gasteiger partial charge in [0.25, 0.3) is 0 Å². The SMILES string of the molecule is C#CC(C#C)=C(C)c1ccc(C(C)=C(C#C)C#C)cc1. The highest BCUT2D eigenvalue weighted by Crippen LogP contribution is 2.22. The predicted octanol–water partition coefficient (Wildman–Crippen LogP) is 3.77. The summed E-state index contributed by atoms with van der Waals surface area (Å²) in [6, 6.07) is 7.81. The van der Waals surface area contributed by atoms with E-state index >= 15 is 0 Å². The third kappa shape index (κ3) is 3.03. The summed E-state index contributed by atoms with van der Waals surface area (Å²) in [7, 11) is 0. The topological polar surface area (TPSA) is 0 Å². The minimum absolute atomic E-state index is 0.554. The highest BCUT2D eigenvalue weighted by atomic mass is 14.1. The molecule has 94 valence electrons. The lowest BCUT2D eigenvalue weighted by molar-refractivity contribution is 1.50. The van der Waals surface area contributed by atoms with Crippen LogP contribution in [0.15, 0.2) is 35.4 Å². The van der Waals surface area contributed by atoms with Crippen molar-refractivity contribution in [2.75, 3.05) is 0 Å². The van der Waals surface area contributed by atoms with E-state index in [1.165, 1.54) is 0 Å². The van der Waals surface area contributed by atoms with Crippen molar-refractivity contribution >= 4 is 11.1 Å². The van der Waals surface area contributed by atoms with Gasteiger partial charge in [0.1, 0.15) is 0 Å². The highest BCUT2D eigenvalue weighted by Gasteiger charge is 2.04. The average Bonchev–Trinajstić information content (AvgIpc) is 2.49. The monoisotopic (exact) mass is 254 g/mol. The second-order valence-corrected chi connectivity index (χ2v) is 4.15. The number of hydrogen-bond acceptors (Lipinski definition) is 0. The van der Waals surface area contributed by atoms with E-state index in [-0.39, 0.29) is 0 Å². The summed E-state index contributed by atoms with van der Waals surface area (Å²) in [5.41, 5.74) is 4.87. The highest BCUT2D eigenvalue weighted by molar-refractivity contribution is 5.78. The molecular formula is C20H14. The molecule has 0 bridgehead atoms. The Balaban J connectivity index is 3.30. The molecule has 0 heteroatoms. The van der Waals surface area contributed by atoms with Crippen molar-refractivity contribution in [2.24, 2.45) is 0 Å². The number of terminal acetylenes is 4. The van der Waals surface area contributed by atoms with Gasteiger partial charge in [0.15, 0.2) is 0 Å². The smallest absolute Gasteiger partial charge is 0.0773 e. The zero-order valence-electron chi connectivity index (χ0n) is 11.6. The van der Waals surface area contributed by atoms with Crippen molar-refractivity contribution in [2.45, 2.75) is 13.8 Å². The molecule has 0 saturated carbocycles. The van der Waals surface area contributed by atoms with Crippen LogP contribution in [0.5, 0.6) is 0 Å². The van der Waals surface area contributed by atoms with Crippen LogP contribution in [0.1, 0.15) is 25.0 Å². The summed E-state index contributed by atoms with van der Waals surface area (Å²) < 4.78 is 0. The third-order valence-corrected chi connectivity index (χ3v) is 3.08. The van der Waals surface area contributed by atoms with Crippen molar-refractivity contribution < 1.29 is 0 Å². The molecule has 0 unspecified atom stereocenters. The first-order valence-electron chi connectivity index (χ1n) is 5.98. The van der Waals surface area contributed by atoms with Crippen molar-refractivity contribution in [3.05, 3.63) is 46.5 Å². The van der Waals surface area contributed by atoms with E-state index in [0.717, 1.165) is 22.3 Å². The first-order valence-corrected chi connectivity index (χ1v) is 5.98. The van der Waals surface area contributed by atoms with Crippen LogP contribution in [-0.2, 0) is 0 Å². The normalized spacial score (nSPS) is 8.30. The third-order valence-electron chi connectivity index (χ3n) is 3.08. The maximum Gasteiger partial charge on any atom is 0.0773 e. The summed E-state index contributed by atoms with van der Waals surface area (Å²) in [6.45, 7) is 3.81. The number of hydrogen-bond donors (Lipinski definition) is 0. The van der Waals surface area contributed by atoms with Crippen molar-refractivity contribution in [3.63, 3.8) is 0 Å². The van der Waals surface area contributed by atoms with Crippen LogP contribution < -0.4 is 0 Å². The Morgan fingerprint density at radius 1 is 0.650 bits per heavy atom. The first kappa shape index (κ1) is 15.0. The van der Waals surface area contributed by atoms with Crippen molar-refractivity contribution in [1.82, 2.24) is 0 Å². The van der Waals surface area contributed by atoms with E-state index in [2.05, 4.69) is 23.7 Å². The average molecular weight is 254 g/mol. The van der Waals surface area contributed by atoms with E-state index in [1.807, 2.05) is 38.1 Å². The molecule has 0 saturated heterocycles. The largest absolute Gasteiger partial charge is 0.114 e. The van der Waals surface area contributed by atoms with Gasteiger partial charge in [-0.1, -0.05) is 47.9 Å². The molecule has 0 aliphatic heterocycles. The van der Waals surface area contributed by atoms with Crippen molar-refractivity contribution in [1.29, 1.82) is 0 Å². The Bertz CT molecular complexity index is 638. The fraction of sp³-hybridized carbons (Fsp3) is 0.100. The van der Waals surface area contributed by atoms with Crippen LogP contribution in [-0.4, -0.2) is 0 Å². The van der Waals surface area contributed by atoms with Gasteiger partial charge in [-0.15, -0.1) is 25.7 Å². The Morgan fingerprint density at radius 3 is 1.10 bits per heavy atom. The minimum Gasteiger partial charge on any atom is -0.114 e. The molecule has 0 heterocycles. The lowest BCUT2D eigenvalue weighted by Gasteiger charge is -2.06. The molecule has 0 N–H and O–H groups in total. The van der Waals surface area contributed by atoms with Gasteiger partial charge in [-0.05, 0) is 36.1 Å². The first-order chi connectivity index (χ1) is 9.58. The Hall–Kier alpha value is -3.06. The van der Waals surface area contributed by atoms with Gasteiger partial charge >= 0.3 is 0 Å². The molecule has 0 fully saturated rings. The standard InChI is InChI=1S/C20H14/c1-7-17(8-2)15(5)19-11-13-20(14-12-19)16(6)18(9-3)10-4/h1-4,11-14H,5-6H3. The maximum atomic E-state index is 5.37. The van der Waals surface area contributed by atoms with Gasteiger partial charge in [0.05, 0.1) is 11.1 Å². The van der Waals surface area contributed by atoms with E-state index in [0.29, 0.717) is 11.1 Å². The van der Waals surface area contributed by atoms with Crippen LogP contribution in [0, 0.1) is 49.4 Å². The molecule has 1 aromatic carbocycles. The van der Waals surface area contributed by atoms with Crippen LogP contribution in [0.2, 0.25) is 0 Å². The zero-order chi connectivity index (χ0) is 15.1. The Labute approximate surface area is 121 Å². The van der Waals surface area contributed by atoms with E-state index in [4.69, 9.17) is 25.7 Å². The molecule has 0 aromatic heterocycles. The van der Waals surface area contributed by atoms with E-state index in [1.54, 1.807) is 0 Å². The Morgan fingerprint density at radius 2 is 0.900 bits per heavy atom. The zero-order valence-corrected chi connectivity index (χ0v) is 11.6. The quantitative estimate of drug-likeness (QED) is 0.705. The lowest BCUT2D eigenvalue weighted by atomic mass is 9.97. The predicted molar refractivity (Wildman–Crippen MR) is 87.0 cm³/mol. The second kappa shape index (κ2) is 6.76. The van der Waals surface area contributed by atoms with Crippen molar-refractivity contribution in [3.8, 4) is 49.4 Å². The van der Waals surface area contributed by atoms with E-state index < -0.39 is 0 Å². The summed E-state index contributed by atoms with van der Waals surface area (Å²) >= 11 is 0. The van der Waals surface area contributed by atoms with Crippen LogP contribution in [0.4, 0.5) is 0 Å². The van der Waals surface area contributed by atoms with E-state index in [9.17, 15) is 0 Å². The molecule has 0 nitrogen and oxygen atoms in total. The fourth-order valence-electron chi connectivity index (χ4n) is 1.78. The molecule has 0 spiro atoms. The van der Waals surface area contributed by atoms with Gasteiger partial charge < -0.3 is 0 Å². The molecule has 0 radical (unpaired) electrons. The van der Waals surface area contributed by atoms with Gasteiger partial charge in [0, 0.05) is 0 Å². The van der Waals surface area contributed by atoms with Crippen LogP contribution >= 0.6 is 0 Å². The maximum absolute atomic E-state index is 5.37.